The molecule has 26 heavy (non-hydrogen) atoms. The van der Waals surface area contributed by atoms with Crippen molar-refractivity contribution in [2.45, 2.75) is 30.5 Å². The molecule has 0 bridgehead atoms. The van der Waals surface area contributed by atoms with E-state index in [1.54, 1.807) is 11.8 Å². The Morgan fingerprint density at radius 3 is 2.69 bits per heavy atom. The number of rotatable bonds is 5. The first-order valence-corrected chi connectivity index (χ1v) is 10.7. The van der Waals surface area contributed by atoms with E-state index in [0.29, 0.717) is 22.2 Å². The molecule has 134 valence electrons. The topological polar surface area (TPSA) is 34.4 Å². The van der Waals surface area contributed by atoms with Gasteiger partial charge in [0, 0.05) is 26.7 Å². The van der Waals surface area contributed by atoms with Crippen LogP contribution in [0.1, 0.15) is 24.2 Å². The normalized spacial score (nSPS) is 12.1. The van der Waals surface area contributed by atoms with E-state index in [0.717, 1.165) is 19.6 Å². The lowest BCUT2D eigenvalue weighted by Crippen LogP contribution is -2.16. The minimum absolute atomic E-state index is 0.227. The molecule has 1 heterocycles. The first kappa shape index (κ1) is 19.1. The molecule has 0 aliphatic rings. The quantitative estimate of drug-likeness (QED) is 0.361. The van der Waals surface area contributed by atoms with Crippen molar-refractivity contribution in [2.75, 3.05) is 0 Å². The SMILES string of the molecule is C=CCn1c(=NC(=O)c2ccc(SC(C)C)cc2)sc2cc(Br)ccc21. The summed E-state index contributed by atoms with van der Waals surface area (Å²) in [5, 5.41) is 0.511. The van der Waals surface area contributed by atoms with Crippen LogP contribution in [0.4, 0.5) is 0 Å². The van der Waals surface area contributed by atoms with Gasteiger partial charge in [0.1, 0.15) is 0 Å². The van der Waals surface area contributed by atoms with E-state index in [4.69, 9.17) is 0 Å². The van der Waals surface area contributed by atoms with Crippen LogP contribution in [0.15, 0.2) is 69.5 Å². The van der Waals surface area contributed by atoms with Crippen molar-refractivity contribution in [3.8, 4) is 0 Å². The third-order valence-electron chi connectivity index (χ3n) is 3.63. The summed E-state index contributed by atoms with van der Waals surface area (Å²) in [7, 11) is 0. The monoisotopic (exact) mass is 446 g/mol. The van der Waals surface area contributed by atoms with E-state index in [1.165, 1.54) is 11.3 Å². The number of carbonyl (C=O) groups is 1. The number of thiazole rings is 1. The minimum atomic E-state index is -0.227. The highest BCUT2D eigenvalue weighted by atomic mass is 79.9. The van der Waals surface area contributed by atoms with E-state index in [2.05, 4.69) is 41.3 Å². The zero-order chi connectivity index (χ0) is 18.7. The third kappa shape index (κ3) is 4.37. The Hall–Kier alpha value is -1.63. The van der Waals surface area contributed by atoms with E-state index in [1.807, 2.05) is 53.1 Å². The van der Waals surface area contributed by atoms with Crippen molar-refractivity contribution in [2.24, 2.45) is 4.99 Å². The van der Waals surface area contributed by atoms with Gasteiger partial charge in [0.2, 0.25) is 0 Å². The van der Waals surface area contributed by atoms with Crippen LogP contribution in [-0.4, -0.2) is 15.7 Å². The summed E-state index contributed by atoms with van der Waals surface area (Å²) in [4.78, 5) is 18.9. The molecular formula is C20H19BrN2OS2. The average Bonchev–Trinajstić information content (AvgIpc) is 2.91. The fourth-order valence-electron chi connectivity index (χ4n) is 2.54. The molecule has 6 heteroatoms. The Morgan fingerprint density at radius 1 is 1.31 bits per heavy atom. The predicted octanol–water partition coefficient (Wildman–Crippen LogP) is 5.89. The number of hydrogen-bond acceptors (Lipinski definition) is 3. The second kappa shape index (κ2) is 8.37. The molecule has 3 aromatic rings. The van der Waals surface area contributed by atoms with Crippen LogP contribution in [0.25, 0.3) is 10.2 Å². The zero-order valence-electron chi connectivity index (χ0n) is 14.6. The molecule has 3 rings (SSSR count). The molecule has 0 spiro atoms. The van der Waals surface area contributed by atoms with Gasteiger partial charge >= 0.3 is 0 Å². The summed E-state index contributed by atoms with van der Waals surface area (Å²) in [6.45, 7) is 8.73. The molecule has 1 aromatic heterocycles. The van der Waals surface area contributed by atoms with Gasteiger partial charge in [0.05, 0.1) is 10.2 Å². The molecule has 3 nitrogen and oxygen atoms in total. The van der Waals surface area contributed by atoms with Gasteiger partial charge in [-0.1, -0.05) is 47.2 Å². The molecule has 1 amide bonds. The van der Waals surface area contributed by atoms with Crippen molar-refractivity contribution in [1.82, 2.24) is 4.57 Å². The fourth-order valence-corrected chi connectivity index (χ4v) is 4.96. The van der Waals surface area contributed by atoms with Gasteiger partial charge in [0.25, 0.3) is 5.91 Å². The molecule has 0 saturated carbocycles. The first-order chi connectivity index (χ1) is 12.5. The van der Waals surface area contributed by atoms with Gasteiger partial charge < -0.3 is 4.57 Å². The molecule has 0 saturated heterocycles. The molecule has 0 atom stereocenters. The van der Waals surface area contributed by atoms with Gasteiger partial charge in [-0.15, -0.1) is 18.3 Å². The summed E-state index contributed by atoms with van der Waals surface area (Å²) in [6.07, 6.45) is 1.82. The largest absolute Gasteiger partial charge is 0.312 e. The van der Waals surface area contributed by atoms with Crippen LogP contribution in [0.3, 0.4) is 0 Å². The molecule has 0 fully saturated rings. The summed E-state index contributed by atoms with van der Waals surface area (Å²) >= 11 is 6.78. The summed E-state index contributed by atoms with van der Waals surface area (Å²) < 4.78 is 4.10. The zero-order valence-corrected chi connectivity index (χ0v) is 17.8. The lowest BCUT2D eigenvalue weighted by atomic mass is 10.2. The smallest absolute Gasteiger partial charge is 0.279 e. The van der Waals surface area contributed by atoms with Crippen LogP contribution >= 0.6 is 39.0 Å². The number of aromatic nitrogens is 1. The van der Waals surface area contributed by atoms with Crippen molar-refractivity contribution in [3.63, 3.8) is 0 Å². The second-order valence-corrected chi connectivity index (χ2v) is 9.58. The van der Waals surface area contributed by atoms with Crippen LogP contribution in [0.5, 0.6) is 0 Å². The number of fused-ring (bicyclic) bond motifs is 1. The maximum absolute atomic E-state index is 12.6. The summed E-state index contributed by atoms with van der Waals surface area (Å²) in [5.74, 6) is -0.227. The van der Waals surface area contributed by atoms with Crippen LogP contribution in [-0.2, 0) is 6.54 Å². The highest BCUT2D eigenvalue weighted by Gasteiger charge is 2.09. The lowest BCUT2D eigenvalue weighted by molar-refractivity contribution is 0.0998. The highest BCUT2D eigenvalue weighted by Crippen LogP contribution is 2.24. The number of thioether (sulfide) groups is 1. The number of carbonyl (C=O) groups excluding carboxylic acids is 1. The Labute approximate surface area is 169 Å². The third-order valence-corrected chi connectivity index (χ3v) is 6.18. The summed E-state index contributed by atoms with van der Waals surface area (Å²) in [6, 6.07) is 13.7. The number of halogens is 1. The van der Waals surface area contributed by atoms with Gasteiger partial charge in [-0.25, -0.2) is 0 Å². The number of benzene rings is 2. The second-order valence-electron chi connectivity index (χ2n) is 6.00. The van der Waals surface area contributed by atoms with Crippen LogP contribution < -0.4 is 4.80 Å². The standard InChI is InChI=1S/C20H19BrN2OS2/c1-4-11-23-17-10-7-15(21)12-18(17)26-20(23)22-19(24)14-5-8-16(9-6-14)25-13(2)3/h4-10,12-13H,1,11H2,2-3H3. The summed E-state index contributed by atoms with van der Waals surface area (Å²) in [5.41, 5.74) is 1.65. The van der Waals surface area contributed by atoms with Gasteiger partial charge in [0.15, 0.2) is 4.80 Å². The van der Waals surface area contributed by atoms with Crippen LogP contribution in [0.2, 0.25) is 0 Å². The molecule has 0 aliphatic heterocycles. The maximum Gasteiger partial charge on any atom is 0.279 e. The molecule has 2 aromatic carbocycles. The first-order valence-electron chi connectivity index (χ1n) is 8.23. The predicted molar refractivity (Wildman–Crippen MR) is 115 cm³/mol. The van der Waals surface area contributed by atoms with E-state index >= 15 is 0 Å². The van der Waals surface area contributed by atoms with Crippen molar-refractivity contribution >= 4 is 55.2 Å². The number of allylic oxidation sites excluding steroid dienone is 1. The fraction of sp³-hybridized carbons (Fsp3) is 0.200. The lowest BCUT2D eigenvalue weighted by Gasteiger charge is -2.04. The van der Waals surface area contributed by atoms with Gasteiger partial charge in [-0.2, -0.15) is 4.99 Å². The average molecular weight is 447 g/mol. The van der Waals surface area contributed by atoms with Crippen molar-refractivity contribution in [1.29, 1.82) is 0 Å². The van der Waals surface area contributed by atoms with Crippen LogP contribution in [0, 0.1) is 0 Å². The molecule has 0 aliphatic carbocycles. The Kier molecular flexibility index (Phi) is 6.16. The highest BCUT2D eigenvalue weighted by molar-refractivity contribution is 9.10. The Morgan fingerprint density at radius 2 is 2.04 bits per heavy atom. The van der Waals surface area contributed by atoms with Gasteiger partial charge in [-0.05, 0) is 42.5 Å². The Bertz CT molecular complexity index is 1020. The Balaban J connectivity index is 1.99. The molecule has 0 radical (unpaired) electrons. The molecule has 0 N–H and O–H groups in total. The maximum atomic E-state index is 12.6. The van der Waals surface area contributed by atoms with Crippen molar-refractivity contribution < 1.29 is 4.79 Å². The van der Waals surface area contributed by atoms with Gasteiger partial charge in [-0.3, -0.25) is 4.79 Å². The minimum Gasteiger partial charge on any atom is -0.312 e. The van der Waals surface area contributed by atoms with E-state index in [-0.39, 0.29) is 5.91 Å². The van der Waals surface area contributed by atoms with E-state index < -0.39 is 0 Å². The van der Waals surface area contributed by atoms with E-state index in [9.17, 15) is 4.79 Å². The van der Waals surface area contributed by atoms with Crippen molar-refractivity contribution in [3.05, 3.63) is 70.0 Å². The number of amides is 1. The molecular weight excluding hydrogens is 428 g/mol. The number of nitrogens with zero attached hydrogens (tertiary/aromatic N) is 2. The number of hydrogen-bond donors (Lipinski definition) is 0. The molecule has 0 unspecified atom stereocenters.